The Kier molecular flexibility index (Phi) is 4.49. The fourth-order valence-electron chi connectivity index (χ4n) is 2.06. The quantitative estimate of drug-likeness (QED) is 0.580. The van der Waals surface area contributed by atoms with Gasteiger partial charge in [0, 0.05) is 5.69 Å². The predicted octanol–water partition coefficient (Wildman–Crippen LogP) is 3.13. The Hall–Kier alpha value is -2.12. The summed E-state index contributed by atoms with van der Waals surface area (Å²) in [6, 6.07) is 7.38. The molecule has 0 saturated carbocycles. The number of nitrogens with one attached hydrogen (secondary N) is 1. The molecule has 2 heterocycles. The average Bonchev–Trinajstić information content (AvgIpc) is 2.96. The lowest BCUT2D eigenvalue weighted by Gasteiger charge is -2.08. The van der Waals surface area contributed by atoms with Gasteiger partial charge in [-0.3, -0.25) is 4.79 Å². The third-order valence-electron chi connectivity index (χ3n) is 3.09. The summed E-state index contributed by atoms with van der Waals surface area (Å²) >= 11 is 7.46. The molecule has 1 amide bonds. The highest BCUT2D eigenvalue weighted by Gasteiger charge is 2.10. The van der Waals surface area contributed by atoms with Crippen molar-refractivity contribution in [2.45, 2.75) is 18.9 Å². The first-order valence-corrected chi connectivity index (χ1v) is 8.25. The Morgan fingerprint density at radius 2 is 2.17 bits per heavy atom. The summed E-state index contributed by atoms with van der Waals surface area (Å²) in [5, 5.41) is 8.28. The lowest BCUT2D eigenvalue weighted by atomic mass is 10.2. The molecule has 118 valence electrons. The molecular weight excluding hydrogens is 334 g/mol. The molecule has 2 aromatic heterocycles. The van der Waals surface area contributed by atoms with Crippen molar-refractivity contribution in [2.75, 3.05) is 11.1 Å². The van der Waals surface area contributed by atoms with Crippen molar-refractivity contribution < 1.29 is 4.79 Å². The standard InChI is InChI=1S/C15H14ClN5OS/c1-9-3-4-11(16)12(5-9)20-13(22)7-23-14-6-10(2)19-15-17-8-18-21(14)15/h3-6,8H,7H2,1-2H3,(H,20,22). The molecule has 0 unspecified atom stereocenters. The van der Waals surface area contributed by atoms with E-state index in [0.717, 1.165) is 16.3 Å². The number of benzene rings is 1. The highest BCUT2D eigenvalue weighted by molar-refractivity contribution is 7.99. The second-order valence-electron chi connectivity index (χ2n) is 5.03. The maximum atomic E-state index is 12.2. The van der Waals surface area contributed by atoms with Gasteiger partial charge < -0.3 is 5.32 Å². The highest BCUT2D eigenvalue weighted by Crippen LogP contribution is 2.24. The van der Waals surface area contributed by atoms with E-state index < -0.39 is 0 Å². The molecule has 23 heavy (non-hydrogen) atoms. The molecular formula is C15H14ClN5OS. The lowest BCUT2D eigenvalue weighted by molar-refractivity contribution is -0.113. The van der Waals surface area contributed by atoms with Crippen molar-refractivity contribution in [1.29, 1.82) is 0 Å². The van der Waals surface area contributed by atoms with Crippen LogP contribution in [0.25, 0.3) is 5.78 Å². The summed E-state index contributed by atoms with van der Waals surface area (Å²) in [5.74, 6) is 0.628. The Balaban J connectivity index is 1.71. The van der Waals surface area contributed by atoms with Gasteiger partial charge in [0.25, 0.3) is 5.78 Å². The Labute approximate surface area is 142 Å². The van der Waals surface area contributed by atoms with Gasteiger partial charge in [-0.15, -0.1) is 0 Å². The van der Waals surface area contributed by atoms with Crippen LogP contribution in [0.2, 0.25) is 5.02 Å². The second-order valence-corrected chi connectivity index (χ2v) is 6.43. The van der Waals surface area contributed by atoms with E-state index in [0.29, 0.717) is 16.5 Å². The molecule has 0 aliphatic heterocycles. The van der Waals surface area contributed by atoms with E-state index in [4.69, 9.17) is 11.6 Å². The predicted molar refractivity (Wildman–Crippen MR) is 91.1 cm³/mol. The molecule has 0 bridgehead atoms. The molecule has 0 aliphatic carbocycles. The molecule has 0 radical (unpaired) electrons. The van der Waals surface area contributed by atoms with Crippen molar-refractivity contribution in [3.63, 3.8) is 0 Å². The highest BCUT2D eigenvalue weighted by atomic mass is 35.5. The van der Waals surface area contributed by atoms with Gasteiger partial charge in [-0.1, -0.05) is 29.4 Å². The molecule has 1 N–H and O–H groups in total. The normalized spacial score (nSPS) is 10.9. The monoisotopic (exact) mass is 347 g/mol. The van der Waals surface area contributed by atoms with Crippen molar-refractivity contribution >= 4 is 40.7 Å². The second kappa shape index (κ2) is 6.55. The molecule has 1 aromatic carbocycles. The number of aromatic nitrogens is 4. The summed E-state index contributed by atoms with van der Waals surface area (Å²) < 4.78 is 1.62. The van der Waals surface area contributed by atoms with Crippen LogP contribution in [0, 0.1) is 13.8 Å². The van der Waals surface area contributed by atoms with Crippen molar-refractivity contribution in [2.24, 2.45) is 0 Å². The molecule has 0 fully saturated rings. The number of amides is 1. The number of rotatable bonds is 4. The van der Waals surface area contributed by atoms with E-state index in [1.165, 1.54) is 18.1 Å². The minimum Gasteiger partial charge on any atom is -0.324 e. The van der Waals surface area contributed by atoms with Crippen LogP contribution in [-0.2, 0) is 4.79 Å². The number of halogens is 1. The third kappa shape index (κ3) is 3.62. The minimum atomic E-state index is -0.134. The topological polar surface area (TPSA) is 72.2 Å². The number of aryl methyl sites for hydroxylation is 2. The number of hydrogen-bond acceptors (Lipinski definition) is 5. The lowest BCUT2D eigenvalue weighted by Crippen LogP contribution is -2.15. The molecule has 6 nitrogen and oxygen atoms in total. The average molecular weight is 348 g/mol. The molecule has 0 spiro atoms. The van der Waals surface area contributed by atoms with Gasteiger partial charge in [-0.05, 0) is 37.6 Å². The van der Waals surface area contributed by atoms with E-state index in [9.17, 15) is 4.79 Å². The molecule has 0 atom stereocenters. The van der Waals surface area contributed by atoms with Gasteiger partial charge in [-0.2, -0.15) is 14.6 Å². The number of nitrogens with zero attached hydrogens (tertiary/aromatic N) is 4. The van der Waals surface area contributed by atoms with E-state index >= 15 is 0 Å². The number of fused-ring (bicyclic) bond motifs is 1. The minimum absolute atomic E-state index is 0.134. The van der Waals surface area contributed by atoms with Crippen LogP contribution in [-0.4, -0.2) is 31.2 Å². The molecule has 3 rings (SSSR count). The molecule has 0 aliphatic rings. The zero-order valence-electron chi connectivity index (χ0n) is 12.6. The van der Waals surface area contributed by atoms with Crippen LogP contribution < -0.4 is 5.32 Å². The van der Waals surface area contributed by atoms with Crippen LogP contribution in [0.5, 0.6) is 0 Å². The first-order chi connectivity index (χ1) is 11.0. The molecule has 3 aromatic rings. The summed E-state index contributed by atoms with van der Waals surface area (Å²) in [5.41, 5.74) is 2.48. The van der Waals surface area contributed by atoms with Gasteiger partial charge in [0.05, 0.1) is 16.5 Å². The van der Waals surface area contributed by atoms with Gasteiger partial charge >= 0.3 is 0 Å². The number of anilines is 1. The van der Waals surface area contributed by atoms with Gasteiger partial charge in [0.15, 0.2) is 0 Å². The van der Waals surface area contributed by atoms with Gasteiger partial charge in [0.1, 0.15) is 11.4 Å². The Morgan fingerprint density at radius 3 is 3.00 bits per heavy atom. The zero-order valence-corrected chi connectivity index (χ0v) is 14.1. The smallest absolute Gasteiger partial charge is 0.253 e. The molecule has 0 saturated heterocycles. The summed E-state index contributed by atoms with van der Waals surface area (Å²) in [4.78, 5) is 20.5. The van der Waals surface area contributed by atoms with Gasteiger partial charge in [0.2, 0.25) is 5.91 Å². The van der Waals surface area contributed by atoms with E-state index in [1.807, 2.05) is 32.0 Å². The van der Waals surface area contributed by atoms with Crippen molar-refractivity contribution in [1.82, 2.24) is 19.6 Å². The first kappa shape index (κ1) is 15.8. The fraction of sp³-hybridized carbons (Fsp3) is 0.200. The van der Waals surface area contributed by atoms with E-state index in [1.54, 1.807) is 10.6 Å². The van der Waals surface area contributed by atoms with Gasteiger partial charge in [-0.25, -0.2) is 4.98 Å². The van der Waals surface area contributed by atoms with Crippen LogP contribution in [0.3, 0.4) is 0 Å². The number of carbonyl (C=O) groups excluding carboxylic acids is 1. The molecule has 8 heteroatoms. The van der Waals surface area contributed by atoms with Crippen LogP contribution in [0.1, 0.15) is 11.3 Å². The Morgan fingerprint density at radius 1 is 1.35 bits per heavy atom. The Bertz CT molecular complexity index is 879. The first-order valence-electron chi connectivity index (χ1n) is 6.89. The maximum absolute atomic E-state index is 12.2. The zero-order chi connectivity index (χ0) is 16.4. The van der Waals surface area contributed by atoms with Crippen LogP contribution >= 0.6 is 23.4 Å². The van der Waals surface area contributed by atoms with Crippen LogP contribution in [0.15, 0.2) is 35.6 Å². The van der Waals surface area contributed by atoms with E-state index in [-0.39, 0.29) is 11.7 Å². The summed E-state index contributed by atoms with van der Waals surface area (Å²) in [7, 11) is 0. The summed E-state index contributed by atoms with van der Waals surface area (Å²) in [6.07, 6.45) is 1.44. The van der Waals surface area contributed by atoms with Crippen molar-refractivity contribution in [3.8, 4) is 0 Å². The largest absolute Gasteiger partial charge is 0.324 e. The summed E-state index contributed by atoms with van der Waals surface area (Å²) in [6.45, 7) is 3.83. The number of thioether (sulfide) groups is 1. The SMILES string of the molecule is Cc1ccc(Cl)c(NC(=O)CSc2cc(C)nc3ncnn23)c1. The van der Waals surface area contributed by atoms with E-state index in [2.05, 4.69) is 20.4 Å². The fourth-order valence-corrected chi connectivity index (χ4v) is 3.08. The van der Waals surface area contributed by atoms with Crippen molar-refractivity contribution in [3.05, 3.63) is 46.9 Å². The number of hydrogen-bond donors (Lipinski definition) is 1. The van der Waals surface area contributed by atoms with Crippen LogP contribution in [0.4, 0.5) is 5.69 Å². The third-order valence-corrected chi connectivity index (χ3v) is 4.42. The maximum Gasteiger partial charge on any atom is 0.253 e. The number of carbonyl (C=O) groups is 1.